The number of benzene rings is 2. The molecule has 1 heterocycles. The van der Waals surface area contributed by atoms with Crippen LogP contribution in [0.3, 0.4) is 0 Å². The number of amides is 1. The zero-order valence-electron chi connectivity index (χ0n) is 13.0. The molecule has 3 rings (SSSR count). The Morgan fingerprint density at radius 2 is 1.88 bits per heavy atom. The number of carbonyl (C=O) groups is 1. The number of alkyl halides is 3. The Morgan fingerprint density at radius 3 is 2.68 bits per heavy atom. The number of aromatic nitrogens is 2. The predicted molar refractivity (Wildman–Crippen MR) is 92.4 cm³/mol. The quantitative estimate of drug-likeness (QED) is 0.734. The zero-order chi connectivity index (χ0) is 17.9. The molecular weight excluding hydrogens is 351 g/mol. The monoisotopic (exact) mass is 365 g/mol. The van der Waals surface area contributed by atoms with Gasteiger partial charge in [-0.2, -0.15) is 18.3 Å². The van der Waals surface area contributed by atoms with Crippen LogP contribution in [0.2, 0.25) is 0 Å². The standard InChI is InChI=1S/C17H14F3N3OS/c18-17(19,20)25-11-16(24)22-15-8-9-21-23(15)10-13-6-3-5-12-4-1-2-7-14(12)13/h1-9H,10-11H2,(H,22,24). The fourth-order valence-corrected chi connectivity index (χ4v) is 2.85. The van der Waals surface area contributed by atoms with E-state index in [-0.39, 0.29) is 11.8 Å². The average molecular weight is 365 g/mol. The van der Waals surface area contributed by atoms with Crippen LogP contribution >= 0.6 is 11.8 Å². The maximum Gasteiger partial charge on any atom is 0.442 e. The van der Waals surface area contributed by atoms with Gasteiger partial charge in [-0.3, -0.25) is 4.79 Å². The fourth-order valence-electron chi connectivity index (χ4n) is 2.48. The molecule has 0 aliphatic heterocycles. The highest BCUT2D eigenvalue weighted by molar-refractivity contribution is 8.00. The van der Waals surface area contributed by atoms with E-state index < -0.39 is 17.2 Å². The predicted octanol–water partition coefficient (Wildman–Crippen LogP) is 4.28. The summed E-state index contributed by atoms with van der Waals surface area (Å²) in [6, 6.07) is 15.3. The minimum atomic E-state index is -4.43. The number of hydrogen-bond donors (Lipinski definition) is 1. The summed E-state index contributed by atoms with van der Waals surface area (Å²) in [4.78, 5) is 11.7. The number of hydrogen-bond acceptors (Lipinski definition) is 3. The summed E-state index contributed by atoms with van der Waals surface area (Å²) in [6.45, 7) is 0.399. The lowest BCUT2D eigenvalue weighted by atomic mass is 10.0. The van der Waals surface area contributed by atoms with Crippen molar-refractivity contribution in [2.75, 3.05) is 11.1 Å². The lowest BCUT2D eigenvalue weighted by Gasteiger charge is -2.11. The third kappa shape index (κ3) is 4.54. The Kier molecular flexibility index (Phi) is 4.98. The summed E-state index contributed by atoms with van der Waals surface area (Å²) >= 11 is -0.366. The lowest BCUT2D eigenvalue weighted by Crippen LogP contribution is -2.19. The van der Waals surface area contributed by atoms with Crippen molar-refractivity contribution in [3.8, 4) is 0 Å². The van der Waals surface area contributed by atoms with Gasteiger partial charge in [-0.15, -0.1) is 0 Å². The first-order chi connectivity index (χ1) is 11.9. The third-order valence-corrected chi connectivity index (χ3v) is 4.28. The van der Waals surface area contributed by atoms with Gasteiger partial charge in [0.15, 0.2) is 0 Å². The molecule has 0 bridgehead atoms. The van der Waals surface area contributed by atoms with Crippen LogP contribution in [0.1, 0.15) is 5.56 Å². The average Bonchev–Trinajstić information content (AvgIpc) is 3.00. The van der Waals surface area contributed by atoms with Gasteiger partial charge in [0.05, 0.1) is 18.5 Å². The van der Waals surface area contributed by atoms with E-state index in [0.717, 1.165) is 16.3 Å². The van der Waals surface area contributed by atoms with Crippen LogP contribution in [-0.2, 0) is 11.3 Å². The van der Waals surface area contributed by atoms with Crippen molar-refractivity contribution in [1.82, 2.24) is 9.78 Å². The highest BCUT2D eigenvalue weighted by atomic mass is 32.2. The Hall–Kier alpha value is -2.48. The number of anilines is 1. The molecule has 4 nitrogen and oxygen atoms in total. The van der Waals surface area contributed by atoms with Gasteiger partial charge in [-0.05, 0) is 28.1 Å². The minimum absolute atomic E-state index is 0.362. The normalized spacial score (nSPS) is 11.6. The summed E-state index contributed by atoms with van der Waals surface area (Å²) in [7, 11) is 0. The molecule has 1 aromatic heterocycles. The van der Waals surface area contributed by atoms with Gasteiger partial charge in [0.2, 0.25) is 5.91 Å². The Balaban J connectivity index is 1.74. The van der Waals surface area contributed by atoms with Crippen molar-refractivity contribution in [3.05, 3.63) is 60.3 Å². The molecule has 3 aromatic rings. The fraction of sp³-hybridized carbons (Fsp3) is 0.176. The number of carbonyl (C=O) groups excluding carboxylic acids is 1. The van der Waals surface area contributed by atoms with E-state index in [0.29, 0.717) is 12.4 Å². The molecule has 2 aromatic carbocycles. The van der Waals surface area contributed by atoms with Crippen LogP contribution in [0, 0.1) is 0 Å². The van der Waals surface area contributed by atoms with Gasteiger partial charge in [-0.1, -0.05) is 42.5 Å². The van der Waals surface area contributed by atoms with Crippen molar-refractivity contribution >= 4 is 34.3 Å². The first-order valence-corrected chi connectivity index (χ1v) is 8.40. The van der Waals surface area contributed by atoms with Crippen LogP contribution in [0.4, 0.5) is 19.0 Å². The largest absolute Gasteiger partial charge is 0.442 e. The van der Waals surface area contributed by atoms with Gasteiger partial charge < -0.3 is 5.32 Å². The smallest absolute Gasteiger partial charge is 0.310 e. The highest BCUT2D eigenvalue weighted by Crippen LogP contribution is 2.30. The SMILES string of the molecule is O=C(CSC(F)(F)F)Nc1ccnn1Cc1cccc2ccccc12. The molecule has 0 atom stereocenters. The van der Waals surface area contributed by atoms with Gasteiger partial charge in [0.25, 0.3) is 0 Å². The zero-order valence-corrected chi connectivity index (χ0v) is 13.8. The number of rotatable bonds is 5. The third-order valence-electron chi connectivity index (χ3n) is 3.55. The molecule has 0 aliphatic carbocycles. The molecule has 0 unspecified atom stereocenters. The maximum absolute atomic E-state index is 12.2. The van der Waals surface area contributed by atoms with Crippen molar-refractivity contribution < 1.29 is 18.0 Å². The summed E-state index contributed by atoms with van der Waals surface area (Å²) in [5.74, 6) is -1.05. The number of halogens is 3. The van der Waals surface area contributed by atoms with E-state index in [4.69, 9.17) is 0 Å². The molecule has 1 amide bonds. The number of fused-ring (bicyclic) bond motifs is 1. The molecular formula is C17H14F3N3OS. The first kappa shape index (κ1) is 17.3. The molecule has 1 N–H and O–H groups in total. The van der Waals surface area contributed by atoms with Crippen LogP contribution in [-0.4, -0.2) is 26.9 Å². The molecule has 0 aliphatic rings. The Morgan fingerprint density at radius 1 is 1.12 bits per heavy atom. The minimum Gasteiger partial charge on any atom is -0.310 e. The molecule has 0 spiro atoms. The summed E-state index contributed by atoms with van der Waals surface area (Å²) in [6.07, 6.45) is 1.50. The van der Waals surface area contributed by atoms with Crippen LogP contribution in [0.25, 0.3) is 10.8 Å². The maximum atomic E-state index is 12.2. The summed E-state index contributed by atoms with van der Waals surface area (Å²) in [5, 5.41) is 8.77. The molecule has 0 saturated heterocycles. The highest BCUT2D eigenvalue weighted by Gasteiger charge is 2.29. The second kappa shape index (κ2) is 7.18. The molecule has 130 valence electrons. The molecule has 0 saturated carbocycles. The van der Waals surface area contributed by atoms with Crippen molar-refractivity contribution in [3.63, 3.8) is 0 Å². The van der Waals surface area contributed by atoms with E-state index in [2.05, 4.69) is 10.4 Å². The topological polar surface area (TPSA) is 46.9 Å². The molecule has 25 heavy (non-hydrogen) atoms. The van der Waals surface area contributed by atoms with Gasteiger partial charge in [0.1, 0.15) is 5.82 Å². The van der Waals surface area contributed by atoms with Crippen molar-refractivity contribution in [2.45, 2.75) is 12.1 Å². The van der Waals surface area contributed by atoms with E-state index >= 15 is 0 Å². The Labute approximate surface area is 146 Å². The second-order valence-corrected chi connectivity index (χ2v) is 6.34. The lowest BCUT2D eigenvalue weighted by molar-refractivity contribution is -0.114. The molecule has 0 radical (unpaired) electrons. The van der Waals surface area contributed by atoms with Crippen molar-refractivity contribution in [1.29, 1.82) is 0 Å². The van der Waals surface area contributed by atoms with Gasteiger partial charge >= 0.3 is 5.51 Å². The molecule has 0 fully saturated rings. The van der Waals surface area contributed by atoms with Gasteiger partial charge in [-0.25, -0.2) is 4.68 Å². The van der Waals surface area contributed by atoms with E-state index in [9.17, 15) is 18.0 Å². The van der Waals surface area contributed by atoms with E-state index in [1.54, 1.807) is 10.7 Å². The number of thioether (sulfide) groups is 1. The second-order valence-electron chi connectivity index (χ2n) is 5.29. The van der Waals surface area contributed by atoms with E-state index in [1.165, 1.54) is 6.20 Å². The van der Waals surface area contributed by atoms with Crippen LogP contribution in [0.5, 0.6) is 0 Å². The number of nitrogens with one attached hydrogen (secondary N) is 1. The van der Waals surface area contributed by atoms with Crippen molar-refractivity contribution in [2.24, 2.45) is 0 Å². The van der Waals surface area contributed by atoms with Crippen LogP contribution in [0.15, 0.2) is 54.7 Å². The Bertz CT molecular complexity index is 887. The van der Waals surface area contributed by atoms with Crippen LogP contribution < -0.4 is 5.32 Å². The van der Waals surface area contributed by atoms with Gasteiger partial charge in [0, 0.05) is 6.07 Å². The number of nitrogens with zero attached hydrogens (tertiary/aromatic N) is 2. The van der Waals surface area contributed by atoms with E-state index in [1.807, 2.05) is 42.5 Å². The summed E-state index contributed by atoms with van der Waals surface area (Å²) < 4.78 is 38.1. The molecule has 8 heteroatoms. The first-order valence-electron chi connectivity index (χ1n) is 7.41. The summed E-state index contributed by atoms with van der Waals surface area (Å²) in [5.41, 5.74) is -3.43.